The molecule has 0 spiro atoms. The van der Waals surface area contributed by atoms with Crippen molar-refractivity contribution in [3.8, 4) is 0 Å². The van der Waals surface area contributed by atoms with Crippen molar-refractivity contribution in [2.75, 3.05) is 7.11 Å². The number of nitrogens with two attached hydrogens (primary N) is 1. The Morgan fingerprint density at radius 3 is 2.21 bits per heavy atom. The van der Waals surface area contributed by atoms with Gasteiger partial charge in [-0.25, -0.2) is 0 Å². The van der Waals surface area contributed by atoms with Crippen LogP contribution in [0.3, 0.4) is 0 Å². The standard InChI is InChI=1S/C16H25NO2/c1-11-7-8-13(9-12(11)2)16(5,15(3,4)17)10-14(18)19-6/h7-9H,10,17H2,1-6H3. The van der Waals surface area contributed by atoms with Gasteiger partial charge in [0.15, 0.2) is 0 Å². The Balaban J connectivity index is 3.31. The van der Waals surface area contributed by atoms with Gasteiger partial charge in [-0.2, -0.15) is 0 Å². The van der Waals surface area contributed by atoms with Crippen molar-refractivity contribution in [1.29, 1.82) is 0 Å². The molecule has 1 atom stereocenters. The molecule has 1 unspecified atom stereocenters. The molecule has 0 aliphatic rings. The number of carbonyl (C=O) groups excluding carboxylic acids is 1. The quantitative estimate of drug-likeness (QED) is 0.850. The fraction of sp³-hybridized carbons (Fsp3) is 0.562. The highest BCUT2D eigenvalue weighted by Crippen LogP contribution is 2.37. The molecule has 0 fully saturated rings. The van der Waals surface area contributed by atoms with Crippen LogP contribution in [0.1, 0.15) is 43.9 Å². The van der Waals surface area contributed by atoms with Crippen LogP contribution >= 0.6 is 0 Å². The fourth-order valence-corrected chi connectivity index (χ4v) is 2.15. The van der Waals surface area contributed by atoms with Crippen LogP contribution in [0.2, 0.25) is 0 Å². The third-order valence-electron chi connectivity index (χ3n) is 4.29. The third-order valence-corrected chi connectivity index (χ3v) is 4.29. The van der Waals surface area contributed by atoms with Gasteiger partial charge in [0, 0.05) is 11.0 Å². The molecule has 3 heteroatoms. The Labute approximate surface area is 116 Å². The summed E-state index contributed by atoms with van der Waals surface area (Å²) in [7, 11) is 1.41. The fourth-order valence-electron chi connectivity index (χ4n) is 2.15. The molecule has 0 aliphatic heterocycles. The monoisotopic (exact) mass is 263 g/mol. The zero-order valence-electron chi connectivity index (χ0n) is 12.8. The minimum atomic E-state index is -0.525. The van der Waals surface area contributed by atoms with Gasteiger partial charge in [0.2, 0.25) is 0 Å². The van der Waals surface area contributed by atoms with Crippen LogP contribution in [0.25, 0.3) is 0 Å². The van der Waals surface area contributed by atoms with E-state index in [4.69, 9.17) is 10.5 Å². The normalized spacial score (nSPS) is 14.9. The lowest BCUT2D eigenvalue weighted by Crippen LogP contribution is -2.53. The predicted molar refractivity (Wildman–Crippen MR) is 78.2 cm³/mol. The number of benzene rings is 1. The molecule has 0 heterocycles. The summed E-state index contributed by atoms with van der Waals surface area (Å²) in [6.07, 6.45) is 0.273. The van der Waals surface area contributed by atoms with Gasteiger partial charge in [-0.3, -0.25) is 4.79 Å². The maximum absolute atomic E-state index is 11.7. The largest absolute Gasteiger partial charge is 0.469 e. The zero-order valence-corrected chi connectivity index (χ0v) is 12.8. The van der Waals surface area contributed by atoms with Gasteiger partial charge in [0.1, 0.15) is 0 Å². The molecule has 0 amide bonds. The molecule has 0 aliphatic carbocycles. The van der Waals surface area contributed by atoms with Gasteiger partial charge in [0.25, 0.3) is 0 Å². The van der Waals surface area contributed by atoms with Crippen LogP contribution in [-0.4, -0.2) is 18.6 Å². The molecule has 1 rings (SSSR count). The lowest BCUT2D eigenvalue weighted by molar-refractivity contribution is -0.142. The van der Waals surface area contributed by atoms with E-state index in [9.17, 15) is 4.79 Å². The van der Waals surface area contributed by atoms with Gasteiger partial charge >= 0.3 is 5.97 Å². The molecule has 106 valence electrons. The lowest BCUT2D eigenvalue weighted by atomic mass is 9.66. The summed E-state index contributed by atoms with van der Waals surface area (Å²) in [6.45, 7) is 10.1. The maximum atomic E-state index is 11.7. The van der Waals surface area contributed by atoms with Gasteiger partial charge in [-0.15, -0.1) is 0 Å². The molecule has 19 heavy (non-hydrogen) atoms. The van der Waals surface area contributed by atoms with Crippen molar-refractivity contribution in [3.05, 3.63) is 34.9 Å². The van der Waals surface area contributed by atoms with Gasteiger partial charge in [-0.05, 0) is 44.4 Å². The van der Waals surface area contributed by atoms with Crippen molar-refractivity contribution in [2.45, 2.75) is 52.0 Å². The van der Waals surface area contributed by atoms with E-state index in [1.807, 2.05) is 20.8 Å². The maximum Gasteiger partial charge on any atom is 0.306 e. The first-order chi connectivity index (χ1) is 8.61. The SMILES string of the molecule is COC(=O)CC(C)(c1ccc(C)c(C)c1)C(C)(C)N. The Morgan fingerprint density at radius 2 is 1.79 bits per heavy atom. The number of rotatable bonds is 4. The van der Waals surface area contributed by atoms with Crippen molar-refractivity contribution in [3.63, 3.8) is 0 Å². The van der Waals surface area contributed by atoms with Gasteiger partial charge < -0.3 is 10.5 Å². The number of hydrogen-bond donors (Lipinski definition) is 1. The summed E-state index contributed by atoms with van der Waals surface area (Å²) in [6, 6.07) is 6.25. The molecule has 0 saturated heterocycles. The van der Waals surface area contributed by atoms with Crippen LogP contribution in [-0.2, 0) is 14.9 Å². The molecule has 0 radical (unpaired) electrons. The lowest BCUT2D eigenvalue weighted by Gasteiger charge is -2.41. The van der Waals surface area contributed by atoms with Crippen molar-refractivity contribution < 1.29 is 9.53 Å². The molecule has 3 nitrogen and oxygen atoms in total. The average molecular weight is 263 g/mol. The Hall–Kier alpha value is -1.35. The van der Waals surface area contributed by atoms with Gasteiger partial charge in [0.05, 0.1) is 13.5 Å². The predicted octanol–water partition coefficient (Wildman–Crippen LogP) is 2.86. The highest BCUT2D eigenvalue weighted by molar-refractivity contribution is 5.71. The summed E-state index contributed by atoms with van der Waals surface area (Å²) < 4.78 is 4.82. The summed E-state index contributed by atoms with van der Waals surface area (Å²) in [5, 5.41) is 0. The average Bonchev–Trinajstić information content (AvgIpc) is 2.30. The van der Waals surface area contributed by atoms with E-state index >= 15 is 0 Å². The summed E-state index contributed by atoms with van der Waals surface area (Å²) in [5.74, 6) is -0.237. The minimum absolute atomic E-state index is 0.237. The molecule has 1 aromatic rings. The van der Waals surface area contributed by atoms with E-state index in [1.54, 1.807) is 0 Å². The minimum Gasteiger partial charge on any atom is -0.469 e. The number of hydrogen-bond acceptors (Lipinski definition) is 3. The van der Waals surface area contributed by atoms with E-state index < -0.39 is 11.0 Å². The van der Waals surface area contributed by atoms with E-state index in [-0.39, 0.29) is 12.4 Å². The Bertz CT molecular complexity index is 474. The molecule has 0 aromatic heterocycles. The number of aryl methyl sites for hydroxylation is 2. The molecular formula is C16H25NO2. The Morgan fingerprint density at radius 1 is 1.21 bits per heavy atom. The molecule has 2 N–H and O–H groups in total. The van der Waals surface area contributed by atoms with Crippen molar-refractivity contribution in [1.82, 2.24) is 0 Å². The van der Waals surface area contributed by atoms with Crippen LogP contribution in [0.5, 0.6) is 0 Å². The third kappa shape index (κ3) is 3.16. The molecule has 0 saturated carbocycles. The van der Waals surface area contributed by atoms with Crippen molar-refractivity contribution in [2.24, 2.45) is 5.73 Å². The van der Waals surface area contributed by atoms with Gasteiger partial charge in [-0.1, -0.05) is 25.1 Å². The number of ether oxygens (including phenoxy) is 1. The Kier molecular flexibility index (Phi) is 4.41. The van der Waals surface area contributed by atoms with E-state index in [0.29, 0.717) is 0 Å². The number of methoxy groups -OCH3 is 1. The van der Waals surface area contributed by atoms with E-state index in [1.165, 1.54) is 18.2 Å². The second-order valence-electron chi connectivity index (χ2n) is 6.11. The van der Waals surface area contributed by atoms with Crippen LogP contribution in [0.15, 0.2) is 18.2 Å². The smallest absolute Gasteiger partial charge is 0.306 e. The molecule has 1 aromatic carbocycles. The first-order valence-corrected chi connectivity index (χ1v) is 6.55. The second-order valence-corrected chi connectivity index (χ2v) is 6.11. The van der Waals surface area contributed by atoms with Crippen LogP contribution in [0.4, 0.5) is 0 Å². The molecule has 0 bridgehead atoms. The second kappa shape index (κ2) is 5.33. The molecular weight excluding hydrogens is 238 g/mol. The first kappa shape index (κ1) is 15.7. The van der Waals surface area contributed by atoms with E-state index in [2.05, 4.69) is 32.0 Å². The van der Waals surface area contributed by atoms with Crippen LogP contribution in [0, 0.1) is 13.8 Å². The summed E-state index contributed by atoms with van der Waals surface area (Å²) >= 11 is 0. The summed E-state index contributed by atoms with van der Waals surface area (Å²) in [5.41, 5.74) is 8.86. The van der Waals surface area contributed by atoms with Crippen LogP contribution < -0.4 is 5.73 Å². The first-order valence-electron chi connectivity index (χ1n) is 6.55. The highest BCUT2D eigenvalue weighted by Gasteiger charge is 2.41. The van der Waals surface area contributed by atoms with E-state index in [0.717, 1.165) is 5.56 Å². The number of esters is 1. The summed E-state index contributed by atoms with van der Waals surface area (Å²) in [4.78, 5) is 11.7. The zero-order chi connectivity index (χ0) is 14.8. The number of carbonyl (C=O) groups is 1. The van der Waals surface area contributed by atoms with Crippen molar-refractivity contribution >= 4 is 5.97 Å². The topological polar surface area (TPSA) is 52.3 Å². The highest BCUT2D eigenvalue weighted by atomic mass is 16.5.